The maximum Gasteiger partial charge on any atom is 0.239 e. The summed E-state index contributed by atoms with van der Waals surface area (Å²) in [4.78, 5) is 16.5. The van der Waals surface area contributed by atoms with Gasteiger partial charge >= 0.3 is 0 Å². The second kappa shape index (κ2) is 8.08. The summed E-state index contributed by atoms with van der Waals surface area (Å²) in [6.07, 6.45) is 0. The van der Waals surface area contributed by atoms with Crippen molar-refractivity contribution in [2.24, 2.45) is 0 Å². The van der Waals surface area contributed by atoms with E-state index in [1.54, 1.807) is 26.0 Å². The van der Waals surface area contributed by atoms with E-state index in [4.69, 9.17) is 4.42 Å². The van der Waals surface area contributed by atoms with Crippen LogP contribution in [-0.4, -0.2) is 30.2 Å². The number of nitrogens with one attached hydrogen (secondary N) is 1. The molecule has 0 aliphatic heterocycles. The summed E-state index contributed by atoms with van der Waals surface area (Å²) in [6.45, 7) is 5.28. The number of aryl methyl sites for hydroxylation is 3. The van der Waals surface area contributed by atoms with Gasteiger partial charge in [-0.05, 0) is 44.0 Å². The van der Waals surface area contributed by atoms with Crippen LogP contribution in [0.2, 0.25) is 0 Å². The van der Waals surface area contributed by atoms with Gasteiger partial charge in [0.05, 0.1) is 11.4 Å². The summed E-state index contributed by atoms with van der Waals surface area (Å²) in [5, 5.41) is 12.2. The molecule has 1 aromatic heterocycles. The summed E-state index contributed by atoms with van der Waals surface area (Å²) < 4.78 is 30.6. The van der Waals surface area contributed by atoms with Crippen LogP contribution in [-0.2, 0) is 20.4 Å². The highest BCUT2D eigenvalue weighted by molar-refractivity contribution is 7.91. The van der Waals surface area contributed by atoms with E-state index in [2.05, 4.69) is 10.3 Å². The van der Waals surface area contributed by atoms with E-state index in [1.807, 2.05) is 31.2 Å². The van der Waals surface area contributed by atoms with E-state index in [0.717, 1.165) is 11.1 Å². The predicted octanol–water partition coefficient (Wildman–Crippen LogP) is 3.53. The van der Waals surface area contributed by atoms with Gasteiger partial charge in [0.1, 0.15) is 17.3 Å². The fourth-order valence-electron chi connectivity index (χ4n) is 2.83. The molecule has 29 heavy (non-hydrogen) atoms. The monoisotopic (exact) mass is 414 g/mol. The molecule has 1 heterocycles. The largest absolute Gasteiger partial charge is 0.508 e. The number of amides is 1. The zero-order valence-corrected chi connectivity index (χ0v) is 17.2. The molecule has 0 bridgehead atoms. The molecule has 2 aromatic carbocycles. The van der Waals surface area contributed by atoms with Gasteiger partial charge in [0.25, 0.3) is 0 Å². The Hall–Kier alpha value is -3.13. The van der Waals surface area contributed by atoms with Gasteiger partial charge in [0, 0.05) is 17.3 Å². The van der Waals surface area contributed by atoms with Crippen LogP contribution in [0.1, 0.15) is 22.6 Å². The highest BCUT2D eigenvalue weighted by Crippen LogP contribution is 2.26. The average molecular weight is 414 g/mol. The number of hydrogen-bond acceptors (Lipinski definition) is 6. The molecule has 8 heteroatoms. The standard InChI is InChI=1S/C21H22N2O5S/c1-13-6-4-5-7-17(13)21-23-18(15(3)28-21)11-29(26,27)12-20(25)22-16-9-8-14(2)19(24)10-16/h4-10,24H,11-12H2,1-3H3,(H,22,25). The van der Waals surface area contributed by atoms with Gasteiger partial charge in [-0.25, -0.2) is 13.4 Å². The maximum absolute atomic E-state index is 12.5. The van der Waals surface area contributed by atoms with Gasteiger partial charge in [-0.1, -0.05) is 24.3 Å². The molecule has 2 N–H and O–H groups in total. The summed E-state index contributed by atoms with van der Waals surface area (Å²) in [6, 6.07) is 12.1. The Morgan fingerprint density at radius 2 is 1.83 bits per heavy atom. The quantitative estimate of drug-likeness (QED) is 0.639. The van der Waals surface area contributed by atoms with E-state index in [0.29, 0.717) is 22.9 Å². The highest BCUT2D eigenvalue weighted by atomic mass is 32.2. The van der Waals surface area contributed by atoms with E-state index in [1.165, 1.54) is 6.07 Å². The van der Waals surface area contributed by atoms with Crippen molar-refractivity contribution in [3.63, 3.8) is 0 Å². The van der Waals surface area contributed by atoms with Crippen molar-refractivity contribution in [2.45, 2.75) is 26.5 Å². The normalized spacial score (nSPS) is 11.4. The molecule has 0 saturated carbocycles. The van der Waals surface area contributed by atoms with Crippen LogP contribution in [0.5, 0.6) is 5.75 Å². The maximum atomic E-state index is 12.5. The van der Waals surface area contributed by atoms with Crippen LogP contribution in [0, 0.1) is 20.8 Å². The lowest BCUT2D eigenvalue weighted by molar-refractivity contribution is -0.113. The fourth-order valence-corrected chi connectivity index (χ4v) is 4.09. The first kappa shape index (κ1) is 20.6. The first-order valence-electron chi connectivity index (χ1n) is 8.97. The molecule has 152 valence electrons. The van der Waals surface area contributed by atoms with Crippen molar-refractivity contribution in [1.82, 2.24) is 4.98 Å². The number of sulfone groups is 1. The van der Waals surface area contributed by atoms with E-state index in [9.17, 15) is 18.3 Å². The Balaban J connectivity index is 1.71. The third kappa shape index (κ3) is 5.03. The van der Waals surface area contributed by atoms with Crippen molar-refractivity contribution in [3.05, 3.63) is 65.0 Å². The van der Waals surface area contributed by atoms with Gasteiger partial charge in [-0.2, -0.15) is 0 Å². The van der Waals surface area contributed by atoms with Gasteiger partial charge in [-0.15, -0.1) is 0 Å². The number of hydrogen-bond donors (Lipinski definition) is 2. The van der Waals surface area contributed by atoms with Gasteiger partial charge < -0.3 is 14.8 Å². The summed E-state index contributed by atoms with van der Waals surface area (Å²) in [5.41, 5.74) is 3.01. The number of phenols is 1. The number of oxazole rings is 1. The molecule has 3 rings (SSSR count). The van der Waals surface area contributed by atoms with Crippen LogP contribution < -0.4 is 5.32 Å². The summed E-state index contributed by atoms with van der Waals surface area (Å²) in [7, 11) is -3.77. The second-order valence-electron chi connectivity index (χ2n) is 6.92. The number of carbonyl (C=O) groups is 1. The molecule has 7 nitrogen and oxygen atoms in total. The van der Waals surface area contributed by atoms with Gasteiger partial charge in [0.2, 0.25) is 11.8 Å². The molecule has 0 aliphatic rings. The third-order valence-corrected chi connectivity index (χ3v) is 5.88. The smallest absolute Gasteiger partial charge is 0.239 e. The van der Waals surface area contributed by atoms with Crippen LogP contribution in [0.3, 0.4) is 0 Å². The highest BCUT2D eigenvalue weighted by Gasteiger charge is 2.22. The van der Waals surface area contributed by atoms with Crippen molar-refractivity contribution in [2.75, 3.05) is 11.1 Å². The molecular weight excluding hydrogens is 392 g/mol. The van der Waals surface area contributed by atoms with Crippen molar-refractivity contribution in [1.29, 1.82) is 0 Å². The van der Waals surface area contributed by atoms with Crippen molar-refractivity contribution >= 4 is 21.4 Å². The molecule has 0 unspecified atom stereocenters. The van der Waals surface area contributed by atoms with Crippen molar-refractivity contribution in [3.8, 4) is 17.2 Å². The predicted molar refractivity (Wildman–Crippen MR) is 110 cm³/mol. The molecule has 0 fully saturated rings. The lowest BCUT2D eigenvalue weighted by Crippen LogP contribution is -2.24. The van der Waals surface area contributed by atoms with Gasteiger partial charge in [0.15, 0.2) is 9.84 Å². The number of aromatic hydroxyl groups is 1. The molecule has 0 radical (unpaired) electrons. The number of phenolic OH excluding ortho intramolecular Hbond substituents is 1. The zero-order valence-electron chi connectivity index (χ0n) is 16.4. The Morgan fingerprint density at radius 1 is 1.10 bits per heavy atom. The minimum Gasteiger partial charge on any atom is -0.508 e. The Labute approximate surface area is 169 Å². The van der Waals surface area contributed by atoms with Gasteiger partial charge in [-0.3, -0.25) is 4.79 Å². The lowest BCUT2D eigenvalue weighted by Gasteiger charge is -2.07. The number of rotatable bonds is 6. The molecule has 3 aromatic rings. The molecule has 0 atom stereocenters. The van der Waals surface area contributed by atoms with Crippen LogP contribution in [0.15, 0.2) is 46.9 Å². The molecule has 1 amide bonds. The van der Waals surface area contributed by atoms with E-state index >= 15 is 0 Å². The zero-order chi connectivity index (χ0) is 21.2. The van der Waals surface area contributed by atoms with Crippen LogP contribution in [0.25, 0.3) is 11.5 Å². The number of benzene rings is 2. The average Bonchev–Trinajstić information content (AvgIpc) is 2.97. The molecule has 0 aliphatic carbocycles. The van der Waals surface area contributed by atoms with E-state index in [-0.39, 0.29) is 11.4 Å². The van der Waals surface area contributed by atoms with Crippen LogP contribution in [0.4, 0.5) is 5.69 Å². The Kier molecular flexibility index (Phi) is 5.74. The number of anilines is 1. The molecule has 0 saturated heterocycles. The Bertz CT molecular complexity index is 1170. The van der Waals surface area contributed by atoms with Crippen molar-refractivity contribution < 1.29 is 22.7 Å². The number of aromatic nitrogens is 1. The Morgan fingerprint density at radius 3 is 2.52 bits per heavy atom. The molecule has 0 spiro atoms. The first-order valence-corrected chi connectivity index (χ1v) is 10.8. The SMILES string of the molecule is Cc1ccc(NC(=O)CS(=O)(=O)Cc2nc(-c3ccccc3C)oc2C)cc1O. The fraction of sp³-hybridized carbons (Fsp3) is 0.238. The summed E-state index contributed by atoms with van der Waals surface area (Å²) >= 11 is 0. The minimum atomic E-state index is -3.77. The molecular formula is C21H22N2O5S. The van der Waals surface area contributed by atoms with Crippen LogP contribution >= 0.6 is 0 Å². The number of nitrogens with zero attached hydrogens (tertiary/aromatic N) is 1. The number of carbonyl (C=O) groups excluding carboxylic acids is 1. The van der Waals surface area contributed by atoms with E-state index < -0.39 is 27.3 Å². The first-order chi connectivity index (χ1) is 13.6. The summed E-state index contributed by atoms with van der Waals surface area (Å²) in [5.74, 6) is -1.02. The second-order valence-corrected chi connectivity index (χ2v) is 8.98. The lowest BCUT2D eigenvalue weighted by atomic mass is 10.1. The third-order valence-electron chi connectivity index (χ3n) is 4.47. The minimum absolute atomic E-state index is 0.0209. The topological polar surface area (TPSA) is 110 Å².